The number of rotatable bonds is 3. The minimum atomic E-state index is -0.163. The van der Waals surface area contributed by atoms with Gasteiger partial charge in [0.15, 0.2) is 0 Å². The van der Waals surface area contributed by atoms with Gasteiger partial charge in [0.25, 0.3) is 5.56 Å². The summed E-state index contributed by atoms with van der Waals surface area (Å²) in [6, 6.07) is 1.48. The summed E-state index contributed by atoms with van der Waals surface area (Å²) in [7, 11) is 0. The molecular weight excluding hydrogens is 162 g/mol. The molecule has 0 fully saturated rings. The molecule has 3 nitrogen and oxygen atoms in total. The van der Waals surface area contributed by atoms with Gasteiger partial charge in [-0.05, 0) is 5.25 Å². The first-order valence-electron chi connectivity index (χ1n) is 3.47. The summed E-state index contributed by atoms with van der Waals surface area (Å²) in [5, 5.41) is 2.81. The Morgan fingerprint density at radius 1 is 1.73 bits per heavy atom. The number of aromatic nitrogens is 1. The Labute approximate surface area is 69.1 Å². The lowest BCUT2D eigenvalue weighted by Crippen LogP contribution is -1.93. The standard InChI is InChI=1S/C7H11NO2S/c1-5(2)11-4-6-3-7(9)8-10-6/h3,5H,4H2,1-2H3,(H,8,9). The lowest BCUT2D eigenvalue weighted by Gasteiger charge is -1.99. The van der Waals surface area contributed by atoms with E-state index in [1.54, 1.807) is 11.8 Å². The zero-order chi connectivity index (χ0) is 8.27. The van der Waals surface area contributed by atoms with Crippen LogP contribution in [0.1, 0.15) is 19.6 Å². The lowest BCUT2D eigenvalue weighted by molar-refractivity contribution is 0.390. The second kappa shape index (κ2) is 3.67. The molecule has 1 aromatic rings. The zero-order valence-electron chi connectivity index (χ0n) is 6.59. The van der Waals surface area contributed by atoms with Gasteiger partial charge in [0.1, 0.15) is 5.76 Å². The highest BCUT2D eigenvalue weighted by atomic mass is 32.2. The molecule has 1 N–H and O–H groups in total. The van der Waals surface area contributed by atoms with E-state index in [4.69, 9.17) is 4.52 Å². The van der Waals surface area contributed by atoms with Crippen molar-refractivity contribution in [3.05, 3.63) is 22.2 Å². The highest BCUT2D eigenvalue weighted by molar-refractivity contribution is 7.99. The van der Waals surface area contributed by atoms with Gasteiger partial charge >= 0.3 is 0 Å². The van der Waals surface area contributed by atoms with E-state index in [0.717, 1.165) is 5.75 Å². The number of hydrogen-bond acceptors (Lipinski definition) is 3. The Hall–Kier alpha value is -0.640. The van der Waals surface area contributed by atoms with E-state index in [1.807, 2.05) is 0 Å². The third kappa shape index (κ3) is 2.84. The number of thioether (sulfide) groups is 1. The van der Waals surface area contributed by atoms with Crippen molar-refractivity contribution in [2.24, 2.45) is 0 Å². The van der Waals surface area contributed by atoms with Crippen molar-refractivity contribution in [1.82, 2.24) is 5.16 Å². The largest absolute Gasteiger partial charge is 0.383 e. The Bertz CT molecular complexity index is 263. The molecule has 0 spiro atoms. The summed E-state index contributed by atoms with van der Waals surface area (Å²) in [6.45, 7) is 4.21. The minimum Gasteiger partial charge on any atom is -0.383 e. The summed E-state index contributed by atoms with van der Waals surface area (Å²) in [5.74, 6) is 1.48. The van der Waals surface area contributed by atoms with Gasteiger partial charge in [0.05, 0.1) is 5.75 Å². The third-order valence-electron chi connectivity index (χ3n) is 1.13. The van der Waals surface area contributed by atoms with Gasteiger partial charge in [0, 0.05) is 6.07 Å². The number of nitrogens with one attached hydrogen (secondary N) is 1. The predicted molar refractivity (Wildman–Crippen MR) is 45.8 cm³/mol. The van der Waals surface area contributed by atoms with Crippen molar-refractivity contribution in [3.63, 3.8) is 0 Å². The zero-order valence-corrected chi connectivity index (χ0v) is 7.40. The molecular formula is C7H11NO2S. The molecule has 0 unspecified atom stereocenters. The summed E-state index contributed by atoms with van der Waals surface area (Å²) in [6.07, 6.45) is 0. The molecule has 1 heterocycles. The van der Waals surface area contributed by atoms with E-state index in [2.05, 4.69) is 19.0 Å². The summed E-state index contributed by atoms with van der Waals surface area (Å²) < 4.78 is 4.86. The number of H-pyrrole nitrogens is 1. The molecule has 62 valence electrons. The smallest absolute Gasteiger partial charge is 0.280 e. The second-order valence-electron chi connectivity index (χ2n) is 2.54. The predicted octanol–water partition coefficient (Wildman–Crippen LogP) is 1.61. The molecule has 0 amide bonds. The molecule has 0 saturated heterocycles. The van der Waals surface area contributed by atoms with E-state index in [-0.39, 0.29) is 5.56 Å². The highest BCUT2D eigenvalue weighted by Crippen LogP contribution is 2.14. The van der Waals surface area contributed by atoms with E-state index >= 15 is 0 Å². The fourth-order valence-electron chi connectivity index (χ4n) is 0.641. The molecule has 0 aliphatic carbocycles. The Kier molecular flexibility index (Phi) is 2.82. The molecule has 11 heavy (non-hydrogen) atoms. The molecule has 0 bridgehead atoms. The first-order chi connectivity index (χ1) is 5.18. The maximum atomic E-state index is 10.6. The van der Waals surface area contributed by atoms with Gasteiger partial charge in [-0.3, -0.25) is 4.79 Å². The molecule has 0 aliphatic rings. The van der Waals surface area contributed by atoms with Crippen molar-refractivity contribution in [3.8, 4) is 0 Å². The lowest BCUT2D eigenvalue weighted by atomic mass is 10.5. The topological polar surface area (TPSA) is 46.0 Å². The molecule has 0 saturated carbocycles. The fourth-order valence-corrected chi connectivity index (χ4v) is 1.28. The summed E-state index contributed by atoms with van der Waals surface area (Å²) >= 11 is 1.75. The average Bonchev–Trinajstić information content (AvgIpc) is 2.31. The molecule has 0 aromatic carbocycles. The normalized spacial score (nSPS) is 10.8. The fraction of sp³-hybridized carbons (Fsp3) is 0.571. The van der Waals surface area contributed by atoms with Crippen LogP contribution in [-0.2, 0) is 5.75 Å². The molecule has 4 heteroatoms. The number of hydrogen-bond donors (Lipinski definition) is 1. The molecule has 1 aromatic heterocycles. The number of aromatic amines is 1. The quantitative estimate of drug-likeness (QED) is 0.755. The van der Waals surface area contributed by atoms with E-state index < -0.39 is 0 Å². The Morgan fingerprint density at radius 2 is 2.45 bits per heavy atom. The van der Waals surface area contributed by atoms with Crippen LogP contribution in [0.15, 0.2) is 15.4 Å². The van der Waals surface area contributed by atoms with Crippen molar-refractivity contribution >= 4 is 11.8 Å². The van der Waals surface area contributed by atoms with E-state index in [9.17, 15) is 4.79 Å². The average molecular weight is 173 g/mol. The highest BCUT2D eigenvalue weighted by Gasteiger charge is 2.00. The van der Waals surface area contributed by atoms with Crippen molar-refractivity contribution in [2.45, 2.75) is 24.9 Å². The first kappa shape index (κ1) is 8.46. The molecule has 1 rings (SSSR count). The van der Waals surface area contributed by atoms with Crippen LogP contribution < -0.4 is 5.56 Å². The SMILES string of the molecule is CC(C)SCc1cc(=O)[nH]o1. The van der Waals surface area contributed by atoms with E-state index in [0.29, 0.717) is 11.0 Å². The molecule has 0 radical (unpaired) electrons. The van der Waals surface area contributed by atoms with Gasteiger partial charge in [-0.15, -0.1) is 0 Å². The minimum absolute atomic E-state index is 0.163. The molecule has 0 atom stereocenters. The second-order valence-corrected chi connectivity index (χ2v) is 4.10. The van der Waals surface area contributed by atoms with Gasteiger partial charge < -0.3 is 4.52 Å². The van der Waals surface area contributed by atoms with Crippen LogP contribution in [0.2, 0.25) is 0 Å². The van der Waals surface area contributed by atoms with Crippen LogP contribution in [0.25, 0.3) is 0 Å². The van der Waals surface area contributed by atoms with Crippen molar-refractivity contribution in [2.75, 3.05) is 0 Å². The maximum absolute atomic E-state index is 10.6. The third-order valence-corrected chi connectivity index (χ3v) is 2.25. The van der Waals surface area contributed by atoms with Crippen LogP contribution in [0, 0.1) is 0 Å². The molecule has 0 aliphatic heterocycles. The van der Waals surface area contributed by atoms with Gasteiger partial charge in [0.2, 0.25) is 0 Å². The van der Waals surface area contributed by atoms with Crippen molar-refractivity contribution in [1.29, 1.82) is 0 Å². The first-order valence-corrected chi connectivity index (χ1v) is 4.52. The monoisotopic (exact) mass is 173 g/mol. The van der Waals surface area contributed by atoms with Crippen molar-refractivity contribution < 1.29 is 4.52 Å². The maximum Gasteiger partial charge on any atom is 0.280 e. The van der Waals surface area contributed by atoms with Crippen LogP contribution in [0.5, 0.6) is 0 Å². The summed E-state index contributed by atoms with van der Waals surface area (Å²) in [5.41, 5.74) is -0.163. The summed E-state index contributed by atoms with van der Waals surface area (Å²) in [4.78, 5) is 10.6. The van der Waals surface area contributed by atoms with Gasteiger partial charge in [-0.2, -0.15) is 16.9 Å². The van der Waals surface area contributed by atoms with E-state index in [1.165, 1.54) is 6.07 Å². The van der Waals surface area contributed by atoms with Gasteiger partial charge in [-0.1, -0.05) is 13.8 Å². The Balaban J connectivity index is 2.45. The van der Waals surface area contributed by atoms with Crippen LogP contribution in [-0.4, -0.2) is 10.4 Å². The van der Waals surface area contributed by atoms with Gasteiger partial charge in [-0.25, -0.2) is 0 Å². The Morgan fingerprint density at radius 3 is 2.91 bits per heavy atom. The van der Waals surface area contributed by atoms with Crippen LogP contribution in [0.3, 0.4) is 0 Å². The van der Waals surface area contributed by atoms with Crippen LogP contribution >= 0.6 is 11.8 Å². The van der Waals surface area contributed by atoms with Crippen LogP contribution in [0.4, 0.5) is 0 Å².